The van der Waals surface area contributed by atoms with E-state index in [1.54, 1.807) is 16.0 Å². The molecule has 0 bridgehead atoms. The second-order valence-corrected chi connectivity index (χ2v) is 15.8. The minimum atomic E-state index is -0.732. The molecule has 4 heterocycles. The highest BCUT2D eigenvalue weighted by Gasteiger charge is 2.39. The topological polar surface area (TPSA) is 146 Å². The smallest absolute Gasteiger partial charge is 0.410 e. The molecule has 3 N–H and O–H groups in total. The number of aromatic nitrogens is 4. The third kappa shape index (κ3) is 7.99. The molecule has 2 fully saturated rings. The second-order valence-electron chi connectivity index (χ2n) is 15.8. The lowest BCUT2D eigenvalue weighted by Crippen LogP contribution is -2.51. The number of H-pyrrole nitrogens is 2. The van der Waals surface area contributed by atoms with Crippen molar-refractivity contribution in [3.8, 4) is 33.6 Å². The first kappa shape index (κ1) is 37.4. The summed E-state index contributed by atoms with van der Waals surface area (Å²) in [6, 6.07) is 20.0. The number of amides is 3. The quantitative estimate of drug-likeness (QED) is 0.135. The van der Waals surface area contributed by atoms with E-state index < -0.39 is 17.7 Å². The van der Waals surface area contributed by atoms with Crippen LogP contribution in [0.3, 0.4) is 0 Å². The third-order valence-electron chi connectivity index (χ3n) is 10.3. The van der Waals surface area contributed by atoms with Gasteiger partial charge in [-0.15, -0.1) is 0 Å². The molecule has 2 aliphatic rings. The molecule has 55 heavy (non-hydrogen) atoms. The van der Waals surface area contributed by atoms with Gasteiger partial charge in [-0.25, -0.2) is 19.6 Å². The number of rotatable bonds is 8. The number of carbonyl (C=O) groups excluding carboxylic acids is 3. The highest BCUT2D eigenvalue weighted by molar-refractivity contribution is 5.91. The summed E-state index contributed by atoms with van der Waals surface area (Å²) in [6.45, 7) is 14.6. The lowest BCUT2D eigenvalue weighted by atomic mass is 9.98. The van der Waals surface area contributed by atoms with Crippen LogP contribution >= 0.6 is 0 Å². The Hall–Kier alpha value is -5.91. The fourth-order valence-corrected chi connectivity index (χ4v) is 7.48. The van der Waals surface area contributed by atoms with E-state index in [0.29, 0.717) is 25.3 Å². The Bertz CT molecular complexity index is 2230. The van der Waals surface area contributed by atoms with Crippen LogP contribution in [0.1, 0.15) is 77.6 Å². The molecule has 12 nitrogen and oxygen atoms in total. The van der Waals surface area contributed by atoms with E-state index in [1.165, 1.54) is 7.11 Å². The number of methoxy groups -OCH3 is 1. The first-order valence-corrected chi connectivity index (χ1v) is 18.8. The van der Waals surface area contributed by atoms with Crippen molar-refractivity contribution < 1.29 is 23.9 Å². The van der Waals surface area contributed by atoms with Gasteiger partial charge in [0.15, 0.2) is 0 Å². The number of hydrogen-bond acceptors (Lipinski definition) is 7. The van der Waals surface area contributed by atoms with Crippen molar-refractivity contribution in [1.82, 2.24) is 35.1 Å². The van der Waals surface area contributed by atoms with E-state index in [4.69, 9.17) is 14.5 Å². The molecule has 7 rings (SSSR count). The Morgan fingerprint density at radius 2 is 1.42 bits per heavy atom. The van der Waals surface area contributed by atoms with Gasteiger partial charge in [-0.05, 0) is 85.5 Å². The maximum Gasteiger partial charge on any atom is 0.410 e. The minimum absolute atomic E-state index is 0.133. The fourth-order valence-electron chi connectivity index (χ4n) is 7.48. The number of aromatic amines is 2. The van der Waals surface area contributed by atoms with Crippen molar-refractivity contribution in [3.05, 3.63) is 96.9 Å². The first-order valence-electron chi connectivity index (χ1n) is 18.8. The third-order valence-corrected chi connectivity index (χ3v) is 10.3. The number of ether oxygens (including phenoxy) is 2. The van der Waals surface area contributed by atoms with E-state index in [2.05, 4.69) is 87.5 Å². The molecule has 0 saturated carbocycles. The van der Waals surface area contributed by atoms with Crippen molar-refractivity contribution in [1.29, 1.82) is 0 Å². The Morgan fingerprint density at radius 1 is 0.836 bits per heavy atom. The van der Waals surface area contributed by atoms with Crippen LogP contribution in [0.2, 0.25) is 0 Å². The van der Waals surface area contributed by atoms with Crippen LogP contribution in [0, 0.1) is 5.92 Å². The molecule has 2 saturated heterocycles. The van der Waals surface area contributed by atoms with Crippen LogP contribution < -0.4 is 5.32 Å². The maximum atomic E-state index is 13.7. The molecule has 0 unspecified atom stereocenters. The summed E-state index contributed by atoms with van der Waals surface area (Å²) in [6.07, 6.45) is 5.02. The highest BCUT2D eigenvalue weighted by atomic mass is 16.6. The van der Waals surface area contributed by atoms with Gasteiger partial charge in [0, 0.05) is 18.7 Å². The number of imidazole rings is 2. The zero-order valence-corrected chi connectivity index (χ0v) is 32.3. The second kappa shape index (κ2) is 15.1. The van der Waals surface area contributed by atoms with Crippen LogP contribution in [0.15, 0.2) is 85.2 Å². The number of likely N-dealkylation sites (tertiary alicyclic amines) is 2. The van der Waals surface area contributed by atoms with Crippen LogP contribution in [0.25, 0.3) is 44.4 Å². The predicted octanol–water partition coefficient (Wildman–Crippen LogP) is 8.57. The molecular formula is C43H49N7O5. The monoisotopic (exact) mass is 743 g/mol. The fraction of sp³-hybridized carbons (Fsp3) is 0.372. The number of nitrogens with one attached hydrogen (secondary N) is 3. The molecule has 0 spiro atoms. The van der Waals surface area contributed by atoms with Crippen LogP contribution in [0.4, 0.5) is 9.59 Å². The van der Waals surface area contributed by atoms with Gasteiger partial charge in [0.2, 0.25) is 5.91 Å². The Labute approximate surface area is 321 Å². The maximum absolute atomic E-state index is 13.7. The minimum Gasteiger partial charge on any atom is -0.453 e. The van der Waals surface area contributed by atoms with E-state index in [0.717, 1.165) is 68.7 Å². The lowest BCUT2D eigenvalue weighted by Gasteiger charge is -2.29. The van der Waals surface area contributed by atoms with E-state index >= 15 is 0 Å². The molecule has 2 aliphatic heterocycles. The summed E-state index contributed by atoms with van der Waals surface area (Å²) >= 11 is 0. The van der Waals surface area contributed by atoms with Gasteiger partial charge in [0.1, 0.15) is 23.3 Å². The summed E-state index contributed by atoms with van der Waals surface area (Å²) in [7, 11) is 1.28. The van der Waals surface area contributed by atoms with Crippen LogP contribution in [0.5, 0.6) is 0 Å². The summed E-state index contributed by atoms with van der Waals surface area (Å²) in [4.78, 5) is 58.3. The number of fused-ring (bicyclic) bond motifs is 1. The molecular weight excluding hydrogens is 695 g/mol. The van der Waals surface area contributed by atoms with Crippen molar-refractivity contribution in [2.75, 3.05) is 20.2 Å². The van der Waals surface area contributed by atoms with Gasteiger partial charge in [-0.2, -0.15) is 0 Å². The summed E-state index contributed by atoms with van der Waals surface area (Å²) < 4.78 is 10.4. The lowest BCUT2D eigenvalue weighted by molar-refractivity contribution is -0.135. The standard InChI is InChI=1S/C43H49N7O5/c1-25(2)37(48-41(52)54-7)40(51)50-24-26(3)19-36(50)39-45-23-34(47-39)32-17-16-30-20-29(14-15-31(30)21-32)27-10-12-28(13-11-27)33-22-44-38(46-33)35-9-8-18-49(35)42(53)55-43(4,5)6/h10-17,20-23,25,35-37H,3,8-9,18-19,24H2,1-2,4-7H3,(H,44,46)(H,45,47)(H,48,52)/t35-,36-,37-/m0/s1. The molecule has 12 heteroatoms. The van der Waals surface area contributed by atoms with Crippen LogP contribution in [-0.2, 0) is 14.3 Å². The Kier molecular flexibility index (Phi) is 10.3. The van der Waals surface area contributed by atoms with Crippen molar-refractivity contribution >= 4 is 28.9 Å². The molecule has 5 aromatic rings. The van der Waals surface area contributed by atoms with Crippen molar-refractivity contribution in [2.45, 2.75) is 77.6 Å². The summed E-state index contributed by atoms with van der Waals surface area (Å²) in [5, 5.41) is 4.89. The van der Waals surface area contributed by atoms with Crippen molar-refractivity contribution in [3.63, 3.8) is 0 Å². The van der Waals surface area contributed by atoms with Gasteiger partial charge >= 0.3 is 12.2 Å². The average Bonchev–Trinajstić information content (AvgIpc) is 3.99. The SMILES string of the molecule is C=C1C[C@@H](c2ncc(-c3ccc4cc(-c5ccc(-c6cnc([C@@H]7CCCN7C(=O)OC(C)(C)C)[nH]6)cc5)ccc4c3)[nH]2)N(C(=O)[C@@H](NC(=O)OC)C(C)C)C1. The van der Waals surface area contributed by atoms with E-state index in [9.17, 15) is 14.4 Å². The molecule has 0 radical (unpaired) electrons. The number of alkyl carbamates (subject to hydrolysis) is 1. The molecule has 3 aromatic carbocycles. The zero-order valence-electron chi connectivity index (χ0n) is 32.3. The first-order chi connectivity index (χ1) is 26.3. The number of nitrogens with zero attached hydrogens (tertiary/aromatic N) is 4. The Morgan fingerprint density at radius 3 is 2.05 bits per heavy atom. The largest absolute Gasteiger partial charge is 0.453 e. The van der Waals surface area contributed by atoms with E-state index in [1.807, 2.05) is 40.8 Å². The molecule has 3 amide bonds. The zero-order chi connectivity index (χ0) is 39.0. The average molecular weight is 744 g/mol. The number of carbonyl (C=O) groups is 3. The molecule has 286 valence electrons. The summed E-state index contributed by atoms with van der Waals surface area (Å²) in [5.74, 6) is 1.12. The van der Waals surface area contributed by atoms with Gasteiger partial charge < -0.3 is 29.7 Å². The van der Waals surface area contributed by atoms with E-state index in [-0.39, 0.29) is 30.0 Å². The van der Waals surface area contributed by atoms with Crippen LogP contribution in [-0.4, -0.2) is 79.7 Å². The van der Waals surface area contributed by atoms with Gasteiger partial charge in [-0.1, -0.05) is 74.5 Å². The molecule has 0 aliphatic carbocycles. The highest BCUT2D eigenvalue weighted by Crippen LogP contribution is 2.37. The molecule has 3 atom stereocenters. The summed E-state index contributed by atoms with van der Waals surface area (Å²) in [5.41, 5.74) is 6.32. The number of hydrogen-bond donors (Lipinski definition) is 3. The predicted molar refractivity (Wildman–Crippen MR) is 212 cm³/mol. The van der Waals surface area contributed by atoms with Gasteiger partial charge in [-0.3, -0.25) is 9.69 Å². The van der Waals surface area contributed by atoms with Crippen molar-refractivity contribution in [2.24, 2.45) is 5.92 Å². The normalized spacial score (nSPS) is 17.9. The molecule has 2 aromatic heterocycles. The van der Waals surface area contributed by atoms with Gasteiger partial charge in [0.05, 0.1) is 43.0 Å². The number of benzene rings is 3. The Balaban J connectivity index is 1.04. The van der Waals surface area contributed by atoms with Gasteiger partial charge in [0.25, 0.3) is 0 Å².